The van der Waals surface area contributed by atoms with Gasteiger partial charge in [0.25, 0.3) is 5.91 Å². The van der Waals surface area contributed by atoms with Crippen molar-refractivity contribution in [3.63, 3.8) is 0 Å². The Kier molecular flexibility index (Phi) is 4.85. The van der Waals surface area contributed by atoms with Gasteiger partial charge in [-0.15, -0.1) is 0 Å². The molecule has 0 aliphatic rings. The van der Waals surface area contributed by atoms with Crippen LogP contribution >= 0.6 is 0 Å². The van der Waals surface area contributed by atoms with Crippen molar-refractivity contribution in [2.24, 2.45) is 7.05 Å². The highest BCUT2D eigenvalue weighted by molar-refractivity contribution is 5.98. The van der Waals surface area contributed by atoms with Gasteiger partial charge in [0.15, 0.2) is 0 Å². The Hall–Kier alpha value is -2.75. The van der Waals surface area contributed by atoms with Crippen molar-refractivity contribution in [3.05, 3.63) is 66.4 Å². The number of fused-ring (bicyclic) bond motifs is 1. The van der Waals surface area contributed by atoms with Gasteiger partial charge in [-0.1, -0.05) is 36.4 Å². The van der Waals surface area contributed by atoms with Crippen molar-refractivity contribution in [1.29, 1.82) is 0 Å². The molecule has 3 aromatic rings. The summed E-state index contributed by atoms with van der Waals surface area (Å²) in [5.74, 6) is -0.0175. The van der Waals surface area contributed by atoms with E-state index in [9.17, 15) is 4.79 Å². The van der Waals surface area contributed by atoms with Crippen LogP contribution in [0.1, 0.15) is 16.9 Å². The molecule has 0 spiro atoms. The van der Waals surface area contributed by atoms with Gasteiger partial charge in [-0.25, -0.2) is 0 Å². The molecule has 0 radical (unpaired) electrons. The van der Waals surface area contributed by atoms with E-state index in [0.29, 0.717) is 12.2 Å². The predicted octanol–water partition coefficient (Wildman–Crippen LogP) is 3.43. The zero-order valence-electron chi connectivity index (χ0n) is 14.2. The largest absolute Gasteiger partial charge is 0.375 e. The molecule has 24 heavy (non-hydrogen) atoms. The number of amides is 1. The molecule has 0 unspecified atom stereocenters. The van der Waals surface area contributed by atoms with Gasteiger partial charge in [0.2, 0.25) is 0 Å². The summed E-state index contributed by atoms with van der Waals surface area (Å²) in [6.07, 6.45) is 0.904. The average Bonchev–Trinajstić information content (AvgIpc) is 2.96. The molecule has 0 aliphatic heterocycles. The summed E-state index contributed by atoms with van der Waals surface area (Å²) in [4.78, 5) is 14.6. The van der Waals surface area contributed by atoms with Crippen LogP contribution in [0.15, 0.2) is 60.7 Å². The van der Waals surface area contributed by atoms with Crippen LogP contribution in [0.25, 0.3) is 10.9 Å². The first-order valence-electron chi connectivity index (χ1n) is 8.25. The van der Waals surface area contributed by atoms with E-state index in [1.165, 1.54) is 5.69 Å². The second-order valence-corrected chi connectivity index (χ2v) is 6.01. The molecule has 0 atom stereocenters. The topological polar surface area (TPSA) is 37.3 Å². The monoisotopic (exact) mass is 321 g/mol. The number of hydrogen-bond acceptors (Lipinski definition) is 2. The maximum Gasteiger partial charge on any atom is 0.267 e. The second kappa shape index (κ2) is 7.21. The van der Waals surface area contributed by atoms with E-state index in [1.807, 2.05) is 60.1 Å². The molecule has 124 valence electrons. The van der Waals surface area contributed by atoms with Crippen LogP contribution < -0.4 is 10.2 Å². The third-order valence-electron chi connectivity index (χ3n) is 4.34. The SMILES string of the molecule is CN(CCCNC(=O)c1cc2ccccc2n1C)c1ccccc1. The highest BCUT2D eigenvalue weighted by atomic mass is 16.1. The normalized spacial score (nSPS) is 10.8. The van der Waals surface area contributed by atoms with Crippen LogP contribution in [0.5, 0.6) is 0 Å². The van der Waals surface area contributed by atoms with Gasteiger partial charge in [0.1, 0.15) is 5.69 Å². The number of anilines is 1. The number of carbonyl (C=O) groups excluding carboxylic acids is 1. The first-order valence-corrected chi connectivity index (χ1v) is 8.25. The first-order chi connectivity index (χ1) is 11.7. The molecule has 4 heteroatoms. The molecule has 1 amide bonds. The van der Waals surface area contributed by atoms with Crippen LogP contribution in [0.4, 0.5) is 5.69 Å². The van der Waals surface area contributed by atoms with E-state index in [-0.39, 0.29) is 5.91 Å². The third-order valence-corrected chi connectivity index (χ3v) is 4.34. The van der Waals surface area contributed by atoms with E-state index in [0.717, 1.165) is 23.9 Å². The lowest BCUT2D eigenvalue weighted by Gasteiger charge is -2.19. The summed E-state index contributed by atoms with van der Waals surface area (Å²) in [5, 5.41) is 4.11. The van der Waals surface area contributed by atoms with Crippen molar-refractivity contribution < 1.29 is 4.79 Å². The van der Waals surface area contributed by atoms with Crippen LogP contribution in [-0.2, 0) is 7.05 Å². The van der Waals surface area contributed by atoms with Crippen LogP contribution in [0.2, 0.25) is 0 Å². The Morgan fingerprint density at radius 1 is 1.08 bits per heavy atom. The number of para-hydroxylation sites is 2. The van der Waals surface area contributed by atoms with Crippen LogP contribution in [0.3, 0.4) is 0 Å². The van der Waals surface area contributed by atoms with Crippen LogP contribution in [-0.4, -0.2) is 30.6 Å². The number of rotatable bonds is 6. The molecule has 0 bridgehead atoms. The molecule has 0 fully saturated rings. The Morgan fingerprint density at radius 2 is 1.79 bits per heavy atom. The minimum atomic E-state index is -0.0175. The molecule has 0 aliphatic carbocycles. The summed E-state index contributed by atoms with van der Waals surface area (Å²) >= 11 is 0. The number of benzene rings is 2. The van der Waals surface area contributed by atoms with Crippen molar-refractivity contribution in [2.45, 2.75) is 6.42 Å². The molecule has 0 saturated carbocycles. The Morgan fingerprint density at radius 3 is 2.54 bits per heavy atom. The zero-order chi connectivity index (χ0) is 16.9. The van der Waals surface area contributed by atoms with Gasteiger partial charge < -0.3 is 14.8 Å². The summed E-state index contributed by atoms with van der Waals surface area (Å²) in [6.45, 7) is 1.57. The molecule has 1 N–H and O–H groups in total. The fourth-order valence-corrected chi connectivity index (χ4v) is 2.93. The summed E-state index contributed by atoms with van der Waals surface area (Å²) < 4.78 is 1.95. The summed E-state index contributed by atoms with van der Waals surface area (Å²) in [5.41, 5.74) is 2.97. The lowest BCUT2D eigenvalue weighted by atomic mass is 10.2. The number of carbonyl (C=O) groups is 1. The molecule has 1 heterocycles. The maximum atomic E-state index is 12.4. The fraction of sp³-hybridized carbons (Fsp3) is 0.250. The summed E-state index contributed by atoms with van der Waals surface area (Å²) in [7, 11) is 4.00. The molecule has 0 saturated heterocycles. The highest BCUT2D eigenvalue weighted by Gasteiger charge is 2.12. The lowest BCUT2D eigenvalue weighted by molar-refractivity contribution is 0.0945. The molecule has 2 aromatic carbocycles. The number of hydrogen-bond donors (Lipinski definition) is 1. The first kappa shape index (κ1) is 16.1. The van der Waals surface area contributed by atoms with Crippen LogP contribution in [0, 0.1) is 0 Å². The molecular formula is C20H23N3O. The van der Waals surface area contributed by atoms with Crippen molar-refractivity contribution in [1.82, 2.24) is 9.88 Å². The number of aryl methyl sites for hydroxylation is 1. The van der Waals surface area contributed by atoms with Gasteiger partial charge in [0.05, 0.1) is 0 Å². The van der Waals surface area contributed by atoms with Gasteiger partial charge in [-0.3, -0.25) is 4.79 Å². The van der Waals surface area contributed by atoms with E-state index in [4.69, 9.17) is 0 Å². The third kappa shape index (κ3) is 3.43. The van der Waals surface area contributed by atoms with Gasteiger partial charge in [0, 0.05) is 43.8 Å². The molecular weight excluding hydrogens is 298 g/mol. The minimum Gasteiger partial charge on any atom is -0.375 e. The van der Waals surface area contributed by atoms with E-state index < -0.39 is 0 Å². The smallest absolute Gasteiger partial charge is 0.267 e. The number of aromatic nitrogens is 1. The van der Waals surface area contributed by atoms with Gasteiger partial charge in [-0.2, -0.15) is 0 Å². The van der Waals surface area contributed by atoms with Gasteiger partial charge >= 0.3 is 0 Å². The predicted molar refractivity (Wildman–Crippen MR) is 99.6 cm³/mol. The number of nitrogens with zero attached hydrogens (tertiary/aromatic N) is 2. The Labute approximate surface area is 142 Å². The standard InChI is InChI=1S/C20H23N3O/c1-22(17-10-4-3-5-11-17)14-8-13-21-20(24)19-15-16-9-6-7-12-18(16)23(19)2/h3-7,9-12,15H,8,13-14H2,1-2H3,(H,21,24). The summed E-state index contributed by atoms with van der Waals surface area (Å²) in [6, 6.07) is 20.3. The Bertz CT molecular complexity index is 823. The minimum absolute atomic E-state index is 0.0175. The van der Waals surface area contributed by atoms with Crippen molar-refractivity contribution >= 4 is 22.5 Å². The van der Waals surface area contributed by atoms with Crippen molar-refractivity contribution in [3.8, 4) is 0 Å². The van der Waals surface area contributed by atoms with E-state index >= 15 is 0 Å². The maximum absolute atomic E-state index is 12.4. The fourth-order valence-electron chi connectivity index (χ4n) is 2.93. The van der Waals surface area contributed by atoms with Crippen molar-refractivity contribution in [2.75, 3.05) is 25.0 Å². The lowest BCUT2D eigenvalue weighted by Crippen LogP contribution is -2.29. The van der Waals surface area contributed by atoms with E-state index in [2.05, 4.69) is 29.4 Å². The average molecular weight is 321 g/mol. The quantitative estimate of drug-likeness (QED) is 0.706. The molecule has 4 nitrogen and oxygen atoms in total. The van der Waals surface area contributed by atoms with Gasteiger partial charge in [-0.05, 0) is 30.7 Å². The molecule has 3 rings (SSSR count). The Balaban J connectivity index is 1.53. The molecule has 1 aromatic heterocycles. The second-order valence-electron chi connectivity index (χ2n) is 6.01. The highest BCUT2D eigenvalue weighted by Crippen LogP contribution is 2.18. The number of nitrogens with one attached hydrogen (secondary N) is 1. The van der Waals surface area contributed by atoms with E-state index in [1.54, 1.807) is 0 Å². The zero-order valence-corrected chi connectivity index (χ0v) is 14.2.